The first-order chi connectivity index (χ1) is 5.47. The Balaban J connectivity index is 2.94. The predicted octanol–water partition coefficient (Wildman–Crippen LogP) is 3.56. The van der Waals surface area contributed by atoms with Crippen LogP contribution in [0.5, 0.6) is 0 Å². The molecule has 1 rings (SSSR count). The normalized spacial score (nSPS) is 25.6. The lowest BCUT2D eigenvalue weighted by atomic mass is 9.86. The molecule has 0 unspecified atom stereocenters. The minimum Gasteiger partial charge on any atom is -0.262 e. The van der Waals surface area contributed by atoms with Crippen LogP contribution in [-0.4, -0.2) is 5.71 Å². The SMILES string of the molecule is CC/C(C)=C1\CC(C)(C)C(C)=N1. The molecule has 0 N–H and O–H groups in total. The molecule has 68 valence electrons. The number of hydrogen-bond acceptors (Lipinski definition) is 1. The monoisotopic (exact) mass is 165 g/mol. The van der Waals surface area contributed by atoms with Crippen LogP contribution in [0.15, 0.2) is 16.3 Å². The molecule has 0 radical (unpaired) electrons. The molecule has 0 amide bonds. The van der Waals surface area contributed by atoms with Crippen molar-refractivity contribution in [2.45, 2.75) is 47.5 Å². The standard InChI is InChI=1S/C11H19N/c1-6-8(2)10-7-11(4,5)9(3)12-10/h6-7H2,1-5H3/b10-8+. The van der Waals surface area contributed by atoms with E-state index < -0.39 is 0 Å². The minimum absolute atomic E-state index is 0.297. The van der Waals surface area contributed by atoms with Crippen molar-refractivity contribution in [2.75, 3.05) is 0 Å². The molecule has 1 heterocycles. The lowest BCUT2D eigenvalue weighted by Crippen LogP contribution is -2.15. The van der Waals surface area contributed by atoms with Gasteiger partial charge in [-0.1, -0.05) is 26.3 Å². The van der Waals surface area contributed by atoms with Gasteiger partial charge < -0.3 is 0 Å². The third-order valence-electron chi connectivity index (χ3n) is 2.91. The highest BCUT2D eigenvalue weighted by molar-refractivity contribution is 5.90. The van der Waals surface area contributed by atoms with Gasteiger partial charge in [-0.05, 0) is 26.7 Å². The van der Waals surface area contributed by atoms with Gasteiger partial charge in [0.25, 0.3) is 0 Å². The summed E-state index contributed by atoms with van der Waals surface area (Å²) in [5.41, 5.74) is 4.34. The second-order valence-electron chi connectivity index (χ2n) is 4.34. The van der Waals surface area contributed by atoms with Crippen molar-refractivity contribution in [3.63, 3.8) is 0 Å². The van der Waals surface area contributed by atoms with E-state index in [-0.39, 0.29) is 0 Å². The Morgan fingerprint density at radius 3 is 2.42 bits per heavy atom. The highest BCUT2D eigenvalue weighted by Crippen LogP contribution is 2.36. The summed E-state index contributed by atoms with van der Waals surface area (Å²) >= 11 is 0. The van der Waals surface area contributed by atoms with Crippen LogP contribution in [0.4, 0.5) is 0 Å². The van der Waals surface area contributed by atoms with Gasteiger partial charge in [0, 0.05) is 16.8 Å². The molecular weight excluding hydrogens is 146 g/mol. The Morgan fingerprint density at radius 1 is 1.50 bits per heavy atom. The van der Waals surface area contributed by atoms with Crippen molar-refractivity contribution in [2.24, 2.45) is 10.4 Å². The summed E-state index contributed by atoms with van der Waals surface area (Å²) in [6.45, 7) is 11.0. The van der Waals surface area contributed by atoms with Gasteiger partial charge in [-0.25, -0.2) is 0 Å². The molecule has 0 fully saturated rings. The van der Waals surface area contributed by atoms with E-state index in [1.54, 1.807) is 0 Å². The average molecular weight is 165 g/mol. The van der Waals surface area contributed by atoms with Crippen LogP contribution in [0.3, 0.4) is 0 Å². The predicted molar refractivity (Wildman–Crippen MR) is 54.5 cm³/mol. The van der Waals surface area contributed by atoms with Gasteiger partial charge in [0.2, 0.25) is 0 Å². The maximum atomic E-state index is 4.61. The van der Waals surface area contributed by atoms with Crippen LogP contribution in [-0.2, 0) is 0 Å². The van der Waals surface area contributed by atoms with Crippen LogP contribution < -0.4 is 0 Å². The molecule has 12 heavy (non-hydrogen) atoms. The molecule has 0 aliphatic carbocycles. The first-order valence-electron chi connectivity index (χ1n) is 4.71. The van der Waals surface area contributed by atoms with Crippen molar-refractivity contribution < 1.29 is 0 Å². The molecule has 0 aromatic rings. The quantitative estimate of drug-likeness (QED) is 0.563. The second-order valence-corrected chi connectivity index (χ2v) is 4.34. The Labute approximate surface area is 75.6 Å². The van der Waals surface area contributed by atoms with Gasteiger partial charge in [-0.2, -0.15) is 0 Å². The molecular formula is C11H19N. The summed E-state index contributed by atoms with van der Waals surface area (Å²) in [5.74, 6) is 0. The zero-order chi connectivity index (χ0) is 9.35. The summed E-state index contributed by atoms with van der Waals surface area (Å²) in [7, 11) is 0. The fourth-order valence-corrected chi connectivity index (χ4v) is 1.39. The summed E-state index contributed by atoms with van der Waals surface area (Å²) in [5, 5.41) is 0. The van der Waals surface area contributed by atoms with Gasteiger partial charge in [0.1, 0.15) is 0 Å². The number of allylic oxidation sites excluding steroid dienone is 2. The number of rotatable bonds is 1. The van der Waals surface area contributed by atoms with E-state index in [1.165, 1.54) is 17.0 Å². The molecule has 1 nitrogen and oxygen atoms in total. The Bertz CT molecular complexity index is 244. The number of aliphatic imine (C=N–C) groups is 1. The van der Waals surface area contributed by atoms with Crippen LogP contribution in [0, 0.1) is 5.41 Å². The summed E-state index contributed by atoms with van der Waals surface area (Å²) in [6, 6.07) is 0. The third-order valence-corrected chi connectivity index (χ3v) is 2.91. The van der Waals surface area contributed by atoms with E-state index in [9.17, 15) is 0 Å². The zero-order valence-electron chi connectivity index (χ0n) is 8.86. The average Bonchev–Trinajstić information content (AvgIpc) is 2.25. The van der Waals surface area contributed by atoms with Gasteiger partial charge >= 0.3 is 0 Å². The molecule has 1 heteroatoms. The fraction of sp³-hybridized carbons (Fsp3) is 0.727. The van der Waals surface area contributed by atoms with E-state index >= 15 is 0 Å². The molecule has 0 aromatic heterocycles. The van der Waals surface area contributed by atoms with Gasteiger partial charge in [-0.15, -0.1) is 0 Å². The van der Waals surface area contributed by atoms with Gasteiger partial charge in [0.15, 0.2) is 0 Å². The fourth-order valence-electron chi connectivity index (χ4n) is 1.39. The molecule has 0 atom stereocenters. The molecule has 1 aliphatic rings. The Morgan fingerprint density at radius 2 is 2.08 bits per heavy atom. The smallest absolute Gasteiger partial charge is 0.0401 e. The van der Waals surface area contributed by atoms with Crippen molar-refractivity contribution in [1.82, 2.24) is 0 Å². The molecule has 0 saturated heterocycles. The molecule has 1 aliphatic heterocycles. The largest absolute Gasteiger partial charge is 0.262 e. The van der Waals surface area contributed by atoms with Crippen LogP contribution in [0.1, 0.15) is 47.5 Å². The maximum Gasteiger partial charge on any atom is 0.0401 e. The molecule has 0 spiro atoms. The highest BCUT2D eigenvalue weighted by Gasteiger charge is 2.29. The maximum absolute atomic E-state index is 4.61. The number of hydrogen-bond donors (Lipinski definition) is 0. The molecule has 0 saturated carbocycles. The van der Waals surface area contributed by atoms with Crippen LogP contribution in [0.2, 0.25) is 0 Å². The second kappa shape index (κ2) is 3.04. The lowest BCUT2D eigenvalue weighted by Gasteiger charge is -2.16. The van der Waals surface area contributed by atoms with Crippen LogP contribution in [0.25, 0.3) is 0 Å². The molecule has 0 bridgehead atoms. The van der Waals surface area contributed by atoms with E-state index in [0.717, 1.165) is 12.8 Å². The Kier molecular flexibility index (Phi) is 2.41. The van der Waals surface area contributed by atoms with Crippen LogP contribution >= 0.6 is 0 Å². The molecule has 0 aromatic carbocycles. The van der Waals surface area contributed by atoms with Crippen molar-refractivity contribution >= 4 is 5.71 Å². The summed E-state index contributed by atoms with van der Waals surface area (Å²) in [6.07, 6.45) is 2.25. The topological polar surface area (TPSA) is 12.4 Å². The third kappa shape index (κ3) is 1.60. The summed E-state index contributed by atoms with van der Waals surface area (Å²) in [4.78, 5) is 4.61. The minimum atomic E-state index is 0.297. The lowest BCUT2D eigenvalue weighted by molar-refractivity contribution is 0.537. The summed E-state index contributed by atoms with van der Waals surface area (Å²) < 4.78 is 0. The van der Waals surface area contributed by atoms with E-state index in [0.29, 0.717) is 5.41 Å². The van der Waals surface area contributed by atoms with Crippen molar-refractivity contribution in [3.8, 4) is 0 Å². The van der Waals surface area contributed by atoms with Gasteiger partial charge in [-0.3, -0.25) is 4.99 Å². The van der Waals surface area contributed by atoms with Crippen molar-refractivity contribution in [1.29, 1.82) is 0 Å². The van der Waals surface area contributed by atoms with E-state index in [4.69, 9.17) is 0 Å². The first kappa shape index (κ1) is 9.50. The van der Waals surface area contributed by atoms with Crippen molar-refractivity contribution in [3.05, 3.63) is 11.3 Å². The first-order valence-corrected chi connectivity index (χ1v) is 4.71. The zero-order valence-corrected chi connectivity index (χ0v) is 8.86. The van der Waals surface area contributed by atoms with E-state index in [1.807, 2.05) is 0 Å². The van der Waals surface area contributed by atoms with E-state index in [2.05, 4.69) is 39.6 Å². The highest BCUT2D eigenvalue weighted by atomic mass is 14.8. The Hall–Kier alpha value is -0.590. The number of nitrogens with zero attached hydrogens (tertiary/aromatic N) is 1. The van der Waals surface area contributed by atoms with Gasteiger partial charge in [0.05, 0.1) is 0 Å².